The lowest BCUT2D eigenvalue weighted by Crippen LogP contribution is -2.34. The first-order valence-electron chi connectivity index (χ1n) is 8.68. The maximum atomic E-state index is 12.2. The van der Waals surface area contributed by atoms with Gasteiger partial charge in [-0.2, -0.15) is 0 Å². The largest absolute Gasteiger partial charge is 0.352 e. The minimum Gasteiger partial charge on any atom is -0.352 e. The maximum Gasteiger partial charge on any atom is 0.319 e. The van der Waals surface area contributed by atoms with Crippen LogP contribution in [0.4, 0.5) is 10.5 Å². The molecule has 0 radical (unpaired) electrons. The van der Waals surface area contributed by atoms with Crippen LogP contribution in [0, 0.1) is 0 Å². The first-order valence-corrected chi connectivity index (χ1v) is 8.68. The van der Waals surface area contributed by atoms with E-state index in [1.807, 2.05) is 13.8 Å². The topological polar surface area (TPSA) is 70.2 Å². The van der Waals surface area contributed by atoms with Gasteiger partial charge in [0.2, 0.25) is 0 Å². The Hall–Kier alpha value is -2.30. The molecule has 0 unspecified atom stereocenters. The number of hydrogen-bond donors (Lipinski definition) is 3. The average molecular weight is 329 g/mol. The highest BCUT2D eigenvalue weighted by Crippen LogP contribution is 2.19. The van der Waals surface area contributed by atoms with Crippen molar-refractivity contribution in [1.29, 1.82) is 0 Å². The molecule has 0 saturated heterocycles. The lowest BCUT2D eigenvalue weighted by atomic mass is 9.97. The van der Waals surface area contributed by atoms with Crippen LogP contribution in [-0.4, -0.2) is 24.5 Å². The molecule has 1 aliphatic rings. The predicted molar refractivity (Wildman–Crippen MR) is 97.2 cm³/mol. The molecule has 3 N–H and O–H groups in total. The van der Waals surface area contributed by atoms with Gasteiger partial charge in [0.25, 0.3) is 5.91 Å². The number of carbonyl (C=O) groups is 2. The van der Waals surface area contributed by atoms with E-state index in [0.717, 1.165) is 19.3 Å². The van der Waals surface area contributed by atoms with Crippen molar-refractivity contribution in [2.45, 2.75) is 52.0 Å². The quantitative estimate of drug-likeness (QED) is 0.694. The molecule has 0 atom stereocenters. The lowest BCUT2D eigenvalue weighted by Gasteiger charge is -2.13. The summed E-state index contributed by atoms with van der Waals surface area (Å²) >= 11 is 0. The Morgan fingerprint density at radius 1 is 1.21 bits per heavy atom. The number of allylic oxidation sites excluding steroid dienone is 1. The Morgan fingerprint density at radius 2 is 2.04 bits per heavy atom. The van der Waals surface area contributed by atoms with Gasteiger partial charge in [0.15, 0.2) is 0 Å². The number of rotatable bonds is 6. The highest BCUT2D eigenvalue weighted by atomic mass is 16.2. The SMILES string of the molecule is CC(C)NC(=O)Nc1cccc(C(=O)NCCC2=CCCCC2)c1. The number of amides is 3. The highest BCUT2D eigenvalue weighted by Gasteiger charge is 2.09. The Labute approximate surface area is 143 Å². The maximum absolute atomic E-state index is 12.2. The molecule has 24 heavy (non-hydrogen) atoms. The van der Waals surface area contributed by atoms with Gasteiger partial charge in [-0.3, -0.25) is 4.79 Å². The molecule has 5 heteroatoms. The van der Waals surface area contributed by atoms with Crippen molar-refractivity contribution in [3.8, 4) is 0 Å². The third kappa shape index (κ3) is 6.07. The average Bonchev–Trinajstić information content (AvgIpc) is 2.55. The fourth-order valence-electron chi connectivity index (χ4n) is 2.74. The second kappa shape index (κ2) is 9.11. The van der Waals surface area contributed by atoms with Gasteiger partial charge in [0.1, 0.15) is 0 Å². The molecule has 0 aromatic heterocycles. The summed E-state index contributed by atoms with van der Waals surface area (Å²) in [5.74, 6) is -0.112. The molecule has 0 heterocycles. The third-order valence-corrected chi connectivity index (χ3v) is 3.92. The van der Waals surface area contributed by atoms with Gasteiger partial charge in [-0.1, -0.05) is 17.7 Å². The zero-order valence-electron chi connectivity index (χ0n) is 14.5. The standard InChI is InChI=1S/C19H27N3O2/c1-14(2)21-19(24)22-17-10-6-9-16(13-17)18(23)20-12-11-15-7-4-3-5-8-15/h6-7,9-10,13-14H,3-5,8,11-12H2,1-2H3,(H,20,23)(H2,21,22,24). The van der Waals surface area contributed by atoms with Crippen molar-refractivity contribution in [3.63, 3.8) is 0 Å². The van der Waals surface area contributed by atoms with Gasteiger partial charge >= 0.3 is 6.03 Å². The number of benzene rings is 1. The Kier molecular flexibility index (Phi) is 6.85. The second-order valence-electron chi connectivity index (χ2n) is 6.45. The summed E-state index contributed by atoms with van der Waals surface area (Å²) in [4.78, 5) is 24.0. The van der Waals surface area contributed by atoms with E-state index in [0.29, 0.717) is 17.8 Å². The summed E-state index contributed by atoms with van der Waals surface area (Å²) in [6, 6.07) is 6.76. The van der Waals surface area contributed by atoms with E-state index in [9.17, 15) is 9.59 Å². The molecule has 0 bridgehead atoms. The minimum atomic E-state index is -0.271. The molecule has 5 nitrogen and oxygen atoms in total. The van der Waals surface area contributed by atoms with E-state index in [4.69, 9.17) is 0 Å². The van der Waals surface area contributed by atoms with Gasteiger partial charge in [0, 0.05) is 23.8 Å². The monoisotopic (exact) mass is 329 g/mol. The van der Waals surface area contributed by atoms with Gasteiger partial charge in [0.05, 0.1) is 0 Å². The van der Waals surface area contributed by atoms with E-state index in [1.54, 1.807) is 24.3 Å². The van der Waals surface area contributed by atoms with Crippen molar-refractivity contribution < 1.29 is 9.59 Å². The summed E-state index contributed by atoms with van der Waals surface area (Å²) in [6.07, 6.45) is 8.07. The van der Waals surface area contributed by atoms with Crippen molar-refractivity contribution in [2.75, 3.05) is 11.9 Å². The van der Waals surface area contributed by atoms with Crippen molar-refractivity contribution in [1.82, 2.24) is 10.6 Å². The number of hydrogen-bond acceptors (Lipinski definition) is 2. The van der Waals surface area contributed by atoms with Crippen LogP contribution in [-0.2, 0) is 0 Å². The van der Waals surface area contributed by atoms with E-state index in [1.165, 1.54) is 18.4 Å². The van der Waals surface area contributed by atoms with Crippen LogP contribution in [0.2, 0.25) is 0 Å². The van der Waals surface area contributed by atoms with Crippen LogP contribution in [0.3, 0.4) is 0 Å². The minimum absolute atomic E-state index is 0.0607. The summed E-state index contributed by atoms with van der Waals surface area (Å²) in [5.41, 5.74) is 2.60. The zero-order chi connectivity index (χ0) is 17.4. The molecule has 0 spiro atoms. The summed E-state index contributed by atoms with van der Waals surface area (Å²) in [6.45, 7) is 4.44. The Balaban J connectivity index is 1.84. The molecule has 1 aliphatic carbocycles. The predicted octanol–water partition coefficient (Wildman–Crippen LogP) is 3.84. The van der Waals surface area contributed by atoms with Crippen LogP contribution < -0.4 is 16.0 Å². The molecule has 1 aromatic rings. The molecular formula is C19H27N3O2. The third-order valence-electron chi connectivity index (χ3n) is 3.92. The Morgan fingerprint density at radius 3 is 2.75 bits per heavy atom. The van der Waals surface area contributed by atoms with Gasteiger partial charge < -0.3 is 16.0 Å². The summed E-state index contributed by atoms with van der Waals surface area (Å²) < 4.78 is 0. The van der Waals surface area contributed by atoms with E-state index >= 15 is 0 Å². The highest BCUT2D eigenvalue weighted by molar-refractivity contribution is 5.96. The first-order chi connectivity index (χ1) is 11.5. The fraction of sp³-hybridized carbons (Fsp3) is 0.474. The molecular weight excluding hydrogens is 302 g/mol. The van der Waals surface area contributed by atoms with Gasteiger partial charge in [-0.05, 0) is 64.2 Å². The normalized spacial score (nSPS) is 14.0. The lowest BCUT2D eigenvalue weighted by molar-refractivity contribution is 0.0954. The molecule has 3 amide bonds. The number of nitrogens with one attached hydrogen (secondary N) is 3. The molecule has 1 aromatic carbocycles. The van der Waals surface area contributed by atoms with E-state index in [-0.39, 0.29) is 18.0 Å². The van der Waals surface area contributed by atoms with E-state index < -0.39 is 0 Å². The van der Waals surface area contributed by atoms with Crippen LogP contribution in [0.1, 0.15) is 56.3 Å². The van der Waals surface area contributed by atoms with Crippen LogP contribution in [0.25, 0.3) is 0 Å². The number of anilines is 1. The fourth-order valence-corrected chi connectivity index (χ4v) is 2.74. The second-order valence-corrected chi connectivity index (χ2v) is 6.45. The van der Waals surface area contributed by atoms with Gasteiger partial charge in [-0.25, -0.2) is 4.79 Å². The first kappa shape index (κ1) is 18.0. The molecule has 0 saturated carbocycles. The van der Waals surface area contributed by atoms with Crippen molar-refractivity contribution in [3.05, 3.63) is 41.5 Å². The molecule has 130 valence electrons. The number of carbonyl (C=O) groups excluding carboxylic acids is 2. The van der Waals surface area contributed by atoms with Crippen LogP contribution >= 0.6 is 0 Å². The molecule has 2 rings (SSSR count). The van der Waals surface area contributed by atoms with Crippen molar-refractivity contribution >= 4 is 17.6 Å². The van der Waals surface area contributed by atoms with E-state index in [2.05, 4.69) is 22.0 Å². The Bertz CT molecular complexity index is 608. The van der Waals surface area contributed by atoms with Gasteiger partial charge in [-0.15, -0.1) is 0 Å². The molecule has 0 aliphatic heterocycles. The molecule has 0 fully saturated rings. The zero-order valence-corrected chi connectivity index (χ0v) is 14.5. The smallest absolute Gasteiger partial charge is 0.319 e. The summed E-state index contributed by atoms with van der Waals surface area (Å²) in [7, 11) is 0. The number of urea groups is 1. The van der Waals surface area contributed by atoms with Crippen molar-refractivity contribution in [2.24, 2.45) is 0 Å². The summed E-state index contributed by atoms with van der Waals surface area (Å²) in [5, 5.41) is 8.44. The van der Waals surface area contributed by atoms with Crippen LogP contribution in [0.15, 0.2) is 35.9 Å². The van der Waals surface area contributed by atoms with Crippen LogP contribution in [0.5, 0.6) is 0 Å².